The van der Waals surface area contributed by atoms with Crippen LogP contribution in [0.4, 0.5) is 5.69 Å². The SMILES string of the molecule is CCCOc1ccc(C2=C(Nc3ccc(OCC)cc3)C(=O)N(CCOC)C2=O)cc1. The molecule has 0 aliphatic carbocycles. The number of amides is 2. The van der Waals surface area contributed by atoms with Crippen molar-refractivity contribution in [3.63, 3.8) is 0 Å². The highest BCUT2D eigenvalue weighted by Crippen LogP contribution is 2.31. The van der Waals surface area contributed by atoms with E-state index in [1.807, 2.05) is 50.2 Å². The Labute approximate surface area is 182 Å². The van der Waals surface area contributed by atoms with Crippen molar-refractivity contribution >= 4 is 23.1 Å². The van der Waals surface area contributed by atoms with Gasteiger partial charge in [-0.3, -0.25) is 14.5 Å². The van der Waals surface area contributed by atoms with Gasteiger partial charge in [-0.15, -0.1) is 0 Å². The van der Waals surface area contributed by atoms with Crippen molar-refractivity contribution in [2.75, 3.05) is 38.8 Å². The first-order chi connectivity index (χ1) is 15.1. The maximum atomic E-state index is 13.1. The van der Waals surface area contributed by atoms with Gasteiger partial charge in [-0.1, -0.05) is 19.1 Å². The van der Waals surface area contributed by atoms with Crippen LogP contribution in [0.2, 0.25) is 0 Å². The van der Waals surface area contributed by atoms with Crippen LogP contribution >= 0.6 is 0 Å². The van der Waals surface area contributed by atoms with Crippen molar-refractivity contribution in [3.05, 3.63) is 59.8 Å². The quantitative estimate of drug-likeness (QED) is 0.554. The molecule has 164 valence electrons. The second kappa shape index (κ2) is 10.6. The van der Waals surface area contributed by atoms with Gasteiger partial charge < -0.3 is 19.5 Å². The Hall–Kier alpha value is -3.32. The van der Waals surface area contributed by atoms with Crippen LogP contribution in [0.25, 0.3) is 5.57 Å². The molecule has 0 atom stereocenters. The summed E-state index contributed by atoms with van der Waals surface area (Å²) in [6, 6.07) is 14.5. The molecule has 1 aliphatic rings. The van der Waals surface area contributed by atoms with Gasteiger partial charge in [0, 0.05) is 12.8 Å². The summed E-state index contributed by atoms with van der Waals surface area (Å²) in [5.74, 6) is 0.732. The maximum Gasteiger partial charge on any atom is 0.278 e. The van der Waals surface area contributed by atoms with E-state index in [9.17, 15) is 9.59 Å². The number of hydrogen-bond donors (Lipinski definition) is 1. The van der Waals surface area contributed by atoms with Gasteiger partial charge in [0.05, 0.1) is 31.9 Å². The van der Waals surface area contributed by atoms with Crippen molar-refractivity contribution in [3.8, 4) is 11.5 Å². The van der Waals surface area contributed by atoms with Gasteiger partial charge in [-0.25, -0.2) is 0 Å². The molecule has 3 rings (SSSR count). The third-order valence-electron chi connectivity index (χ3n) is 4.74. The predicted molar refractivity (Wildman–Crippen MR) is 119 cm³/mol. The van der Waals surface area contributed by atoms with E-state index < -0.39 is 0 Å². The van der Waals surface area contributed by atoms with E-state index in [1.165, 1.54) is 12.0 Å². The minimum absolute atomic E-state index is 0.184. The van der Waals surface area contributed by atoms with Crippen LogP contribution in [0, 0.1) is 0 Å². The first kappa shape index (κ1) is 22.4. The molecule has 1 heterocycles. The number of carbonyl (C=O) groups excluding carboxylic acids is 2. The summed E-state index contributed by atoms with van der Waals surface area (Å²) in [4.78, 5) is 27.4. The fraction of sp³-hybridized carbons (Fsp3) is 0.333. The van der Waals surface area contributed by atoms with Crippen LogP contribution in [0.15, 0.2) is 54.2 Å². The molecule has 0 spiro atoms. The molecule has 2 aromatic carbocycles. The van der Waals surface area contributed by atoms with E-state index in [4.69, 9.17) is 14.2 Å². The summed E-state index contributed by atoms with van der Waals surface area (Å²) in [6.07, 6.45) is 0.907. The lowest BCUT2D eigenvalue weighted by atomic mass is 10.0. The molecule has 7 nitrogen and oxygen atoms in total. The first-order valence-electron chi connectivity index (χ1n) is 10.4. The van der Waals surface area contributed by atoms with Crippen molar-refractivity contribution < 1.29 is 23.8 Å². The van der Waals surface area contributed by atoms with Crippen molar-refractivity contribution in [2.24, 2.45) is 0 Å². The molecule has 2 aromatic rings. The molecule has 1 N–H and O–H groups in total. The van der Waals surface area contributed by atoms with Crippen molar-refractivity contribution in [1.29, 1.82) is 0 Å². The van der Waals surface area contributed by atoms with E-state index in [2.05, 4.69) is 5.32 Å². The van der Waals surface area contributed by atoms with Gasteiger partial charge in [-0.05, 0) is 55.3 Å². The van der Waals surface area contributed by atoms with Crippen molar-refractivity contribution in [2.45, 2.75) is 20.3 Å². The van der Waals surface area contributed by atoms with Gasteiger partial charge in [0.15, 0.2) is 0 Å². The monoisotopic (exact) mass is 424 g/mol. The van der Waals surface area contributed by atoms with Gasteiger partial charge >= 0.3 is 0 Å². The molecule has 0 aromatic heterocycles. The van der Waals surface area contributed by atoms with Crippen molar-refractivity contribution in [1.82, 2.24) is 4.90 Å². The Kier molecular flexibility index (Phi) is 7.67. The molecule has 1 aliphatic heterocycles. The Morgan fingerprint density at radius 3 is 2.10 bits per heavy atom. The lowest BCUT2D eigenvalue weighted by molar-refractivity contribution is -0.137. The van der Waals surface area contributed by atoms with Crippen LogP contribution in [0.1, 0.15) is 25.8 Å². The van der Waals surface area contributed by atoms with Gasteiger partial charge in [0.2, 0.25) is 0 Å². The van der Waals surface area contributed by atoms with E-state index in [0.717, 1.165) is 17.9 Å². The largest absolute Gasteiger partial charge is 0.494 e. The van der Waals surface area contributed by atoms with Crippen LogP contribution < -0.4 is 14.8 Å². The maximum absolute atomic E-state index is 13.1. The molecule has 2 amide bonds. The van der Waals surface area contributed by atoms with Gasteiger partial charge in [-0.2, -0.15) is 0 Å². The number of nitrogens with one attached hydrogen (secondary N) is 1. The zero-order chi connectivity index (χ0) is 22.2. The minimum Gasteiger partial charge on any atom is -0.494 e. The van der Waals surface area contributed by atoms with E-state index in [1.54, 1.807) is 12.1 Å². The molecule has 0 saturated carbocycles. The average Bonchev–Trinajstić information content (AvgIpc) is 3.02. The van der Waals surface area contributed by atoms with Crippen LogP contribution in [-0.2, 0) is 14.3 Å². The normalized spacial score (nSPS) is 13.7. The van der Waals surface area contributed by atoms with Crippen LogP contribution in [-0.4, -0.2) is 50.2 Å². The molecule has 0 radical (unpaired) electrons. The summed E-state index contributed by atoms with van der Waals surface area (Å²) in [5, 5.41) is 3.13. The molecule has 0 saturated heterocycles. The average molecular weight is 424 g/mol. The number of carbonyl (C=O) groups is 2. The summed E-state index contributed by atoms with van der Waals surface area (Å²) in [5.41, 5.74) is 1.91. The number of rotatable bonds is 11. The number of ether oxygens (including phenoxy) is 3. The zero-order valence-corrected chi connectivity index (χ0v) is 18.1. The lowest BCUT2D eigenvalue weighted by Gasteiger charge is -2.14. The highest BCUT2D eigenvalue weighted by atomic mass is 16.5. The number of methoxy groups -OCH3 is 1. The summed E-state index contributed by atoms with van der Waals surface area (Å²) >= 11 is 0. The molecule has 7 heteroatoms. The molecule has 31 heavy (non-hydrogen) atoms. The smallest absolute Gasteiger partial charge is 0.278 e. The second-order valence-electron chi connectivity index (χ2n) is 6.96. The lowest BCUT2D eigenvalue weighted by Crippen LogP contribution is -2.35. The van der Waals surface area contributed by atoms with E-state index in [0.29, 0.717) is 30.0 Å². The van der Waals surface area contributed by atoms with Crippen LogP contribution in [0.5, 0.6) is 11.5 Å². The minimum atomic E-state index is -0.378. The Morgan fingerprint density at radius 2 is 1.48 bits per heavy atom. The number of benzene rings is 2. The molecular weight excluding hydrogens is 396 g/mol. The van der Waals surface area contributed by atoms with Gasteiger partial charge in [0.25, 0.3) is 11.8 Å². The third-order valence-corrected chi connectivity index (χ3v) is 4.74. The number of imide groups is 1. The molecular formula is C24H28N2O5. The highest BCUT2D eigenvalue weighted by molar-refractivity contribution is 6.36. The predicted octanol–water partition coefficient (Wildman–Crippen LogP) is 3.71. The topological polar surface area (TPSA) is 77.1 Å². The highest BCUT2D eigenvalue weighted by Gasteiger charge is 2.38. The molecule has 0 bridgehead atoms. The summed E-state index contributed by atoms with van der Waals surface area (Å²) in [7, 11) is 1.54. The third kappa shape index (κ3) is 5.24. The second-order valence-corrected chi connectivity index (χ2v) is 6.96. The Balaban J connectivity index is 1.92. The van der Waals surface area contributed by atoms with Gasteiger partial charge in [0.1, 0.15) is 17.2 Å². The van der Waals surface area contributed by atoms with E-state index in [-0.39, 0.29) is 30.7 Å². The number of anilines is 1. The fourth-order valence-electron chi connectivity index (χ4n) is 3.23. The zero-order valence-electron chi connectivity index (χ0n) is 18.1. The van der Waals surface area contributed by atoms with E-state index >= 15 is 0 Å². The standard InChI is InChI=1S/C24H28N2O5/c1-4-15-31-20-10-6-17(7-11-20)21-22(24(28)26(23(21)27)14-16-29-3)25-18-8-12-19(13-9-18)30-5-2/h6-13,25H,4-5,14-16H2,1-3H3. The van der Waals surface area contributed by atoms with Crippen LogP contribution in [0.3, 0.4) is 0 Å². The Morgan fingerprint density at radius 1 is 0.839 bits per heavy atom. The number of hydrogen-bond acceptors (Lipinski definition) is 6. The molecule has 0 unspecified atom stereocenters. The fourth-order valence-corrected chi connectivity index (χ4v) is 3.23. The summed E-state index contributed by atoms with van der Waals surface area (Å²) in [6.45, 7) is 5.60. The Bertz CT molecular complexity index is 935. The number of nitrogens with zero attached hydrogens (tertiary/aromatic N) is 1. The molecule has 0 fully saturated rings. The summed E-state index contributed by atoms with van der Waals surface area (Å²) < 4.78 is 16.2. The first-order valence-corrected chi connectivity index (χ1v) is 10.4.